The Morgan fingerprint density at radius 2 is 1.12 bits per heavy atom. The van der Waals surface area contributed by atoms with Crippen molar-refractivity contribution in [3.05, 3.63) is 78.4 Å². The fourth-order valence-electron chi connectivity index (χ4n) is 3.98. The number of hydrogen-bond acceptors (Lipinski definition) is 8. The van der Waals surface area contributed by atoms with Crippen molar-refractivity contribution in [2.75, 3.05) is 33.0 Å². The van der Waals surface area contributed by atoms with Crippen molar-refractivity contribution in [1.82, 2.24) is 0 Å². The molecular formula is C34H40O8. The number of ketones is 1. The number of ether oxygens (including phenoxy) is 5. The van der Waals surface area contributed by atoms with Crippen LogP contribution in [0, 0.1) is 0 Å². The highest BCUT2D eigenvalue weighted by molar-refractivity contribution is 6.00. The van der Waals surface area contributed by atoms with Crippen LogP contribution in [0.15, 0.2) is 72.8 Å². The third kappa shape index (κ3) is 11.3. The standard InChI is InChI=1S/C34H40O8/c1-3-5-10-20-38-33(36)24-41-29-18-19-30(32(22-29)42-25-34(37)39-21-11-6-4-2)31(35)23-40-28-16-14-27(15-17-28)26-12-8-7-9-13-26/h7-9,12-19,22H,3-6,10-11,20-21,23-25H2,1-2H3. The summed E-state index contributed by atoms with van der Waals surface area (Å²) in [7, 11) is 0. The molecule has 0 amide bonds. The van der Waals surface area contributed by atoms with Crippen molar-refractivity contribution in [3.63, 3.8) is 0 Å². The van der Waals surface area contributed by atoms with Gasteiger partial charge in [0, 0.05) is 6.07 Å². The molecular weight excluding hydrogens is 536 g/mol. The first-order chi connectivity index (χ1) is 20.5. The van der Waals surface area contributed by atoms with Crippen LogP contribution >= 0.6 is 0 Å². The SMILES string of the molecule is CCCCCOC(=O)COc1ccc(C(=O)COc2ccc(-c3ccccc3)cc2)c(OCC(=O)OCCCCC)c1. The number of benzene rings is 3. The minimum atomic E-state index is -0.541. The third-order valence-corrected chi connectivity index (χ3v) is 6.31. The molecule has 3 aromatic carbocycles. The molecule has 0 unspecified atom stereocenters. The molecule has 0 aliphatic heterocycles. The zero-order chi connectivity index (χ0) is 30.0. The van der Waals surface area contributed by atoms with E-state index in [0.717, 1.165) is 49.7 Å². The first kappa shape index (κ1) is 32.2. The number of Topliss-reactive ketones (excluding diaryl/α,β-unsaturated/α-hetero) is 1. The van der Waals surface area contributed by atoms with Gasteiger partial charge in [0.2, 0.25) is 5.78 Å². The second-order valence-corrected chi connectivity index (χ2v) is 9.69. The molecule has 224 valence electrons. The maximum absolute atomic E-state index is 13.1. The van der Waals surface area contributed by atoms with Crippen LogP contribution in [0.1, 0.15) is 62.7 Å². The molecule has 3 rings (SSSR count). The lowest BCUT2D eigenvalue weighted by Gasteiger charge is -2.14. The van der Waals surface area contributed by atoms with Crippen LogP contribution in [0.25, 0.3) is 11.1 Å². The van der Waals surface area contributed by atoms with E-state index in [9.17, 15) is 14.4 Å². The van der Waals surface area contributed by atoms with Crippen LogP contribution in [0.3, 0.4) is 0 Å². The Hall–Kier alpha value is -4.33. The molecule has 8 heteroatoms. The lowest BCUT2D eigenvalue weighted by Crippen LogP contribution is -2.19. The van der Waals surface area contributed by atoms with Gasteiger partial charge in [-0.15, -0.1) is 0 Å². The van der Waals surface area contributed by atoms with Crippen LogP contribution in [-0.2, 0) is 19.1 Å². The number of carbonyl (C=O) groups excluding carboxylic acids is 3. The normalized spacial score (nSPS) is 10.5. The predicted octanol–water partition coefficient (Wildman–Crippen LogP) is 6.84. The second-order valence-electron chi connectivity index (χ2n) is 9.69. The summed E-state index contributed by atoms with van der Waals surface area (Å²) in [6, 6.07) is 22.0. The molecule has 42 heavy (non-hydrogen) atoms. The molecule has 0 heterocycles. The summed E-state index contributed by atoms with van der Waals surface area (Å²) in [6.45, 7) is 3.87. The van der Waals surface area contributed by atoms with Gasteiger partial charge in [-0.2, -0.15) is 0 Å². The van der Waals surface area contributed by atoms with Crippen molar-refractivity contribution >= 4 is 17.7 Å². The average Bonchev–Trinajstić information content (AvgIpc) is 3.02. The molecule has 0 bridgehead atoms. The minimum absolute atomic E-state index is 0.127. The number of carbonyl (C=O) groups is 3. The summed E-state index contributed by atoms with van der Waals surface area (Å²) >= 11 is 0. The topological polar surface area (TPSA) is 97.4 Å². The fourth-order valence-corrected chi connectivity index (χ4v) is 3.98. The summed E-state index contributed by atoms with van der Waals surface area (Å²) in [5, 5.41) is 0. The van der Waals surface area contributed by atoms with E-state index in [1.807, 2.05) is 42.5 Å². The summed E-state index contributed by atoms with van der Waals surface area (Å²) < 4.78 is 27.4. The summed E-state index contributed by atoms with van der Waals surface area (Å²) in [5.41, 5.74) is 2.33. The first-order valence-corrected chi connectivity index (χ1v) is 14.5. The van der Waals surface area contributed by atoms with Gasteiger partial charge in [-0.25, -0.2) is 9.59 Å². The maximum atomic E-state index is 13.1. The number of hydrogen-bond donors (Lipinski definition) is 0. The molecule has 3 aromatic rings. The van der Waals surface area contributed by atoms with Crippen LogP contribution in [-0.4, -0.2) is 50.8 Å². The molecule has 0 N–H and O–H groups in total. The molecule has 0 aliphatic carbocycles. The van der Waals surface area contributed by atoms with E-state index < -0.39 is 11.9 Å². The van der Waals surface area contributed by atoms with Gasteiger partial charge < -0.3 is 23.7 Å². The van der Waals surface area contributed by atoms with E-state index in [1.54, 1.807) is 18.2 Å². The van der Waals surface area contributed by atoms with Crippen LogP contribution in [0.4, 0.5) is 0 Å². The van der Waals surface area contributed by atoms with Gasteiger partial charge in [0.1, 0.15) is 17.2 Å². The molecule has 0 aliphatic rings. The van der Waals surface area contributed by atoms with Crippen molar-refractivity contribution in [2.24, 2.45) is 0 Å². The highest BCUT2D eigenvalue weighted by Gasteiger charge is 2.17. The summed E-state index contributed by atoms with van der Waals surface area (Å²) in [6.07, 6.45) is 5.55. The van der Waals surface area contributed by atoms with Gasteiger partial charge in [0.05, 0.1) is 18.8 Å². The van der Waals surface area contributed by atoms with Gasteiger partial charge >= 0.3 is 11.9 Å². The largest absolute Gasteiger partial charge is 0.485 e. The lowest BCUT2D eigenvalue weighted by molar-refractivity contribution is -0.146. The Balaban J connectivity index is 1.62. The van der Waals surface area contributed by atoms with Gasteiger partial charge in [-0.05, 0) is 48.2 Å². The van der Waals surface area contributed by atoms with E-state index in [0.29, 0.717) is 24.7 Å². The molecule has 0 fully saturated rings. The fraction of sp³-hybridized carbons (Fsp3) is 0.382. The third-order valence-electron chi connectivity index (χ3n) is 6.31. The van der Waals surface area contributed by atoms with Gasteiger partial charge in [0.25, 0.3) is 0 Å². The number of esters is 2. The zero-order valence-corrected chi connectivity index (χ0v) is 24.5. The van der Waals surface area contributed by atoms with Gasteiger partial charge in [-0.1, -0.05) is 82.0 Å². The summed E-state index contributed by atoms with van der Waals surface area (Å²) in [5.74, 6) is -0.422. The minimum Gasteiger partial charge on any atom is -0.485 e. The number of rotatable bonds is 19. The Morgan fingerprint density at radius 3 is 1.74 bits per heavy atom. The molecule has 0 radical (unpaired) electrons. The van der Waals surface area contributed by atoms with E-state index in [2.05, 4.69) is 13.8 Å². The van der Waals surface area contributed by atoms with Crippen LogP contribution < -0.4 is 14.2 Å². The van der Waals surface area contributed by atoms with Crippen LogP contribution in [0.5, 0.6) is 17.2 Å². The second kappa shape index (κ2) is 18.2. The van der Waals surface area contributed by atoms with Crippen molar-refractivity contribution in [3.8, 4) is 28.4 Å². The Labute approximate surface area is 247 Å². The highest BCUT2D eigenvalue weighted by atomic mass is 16.6. The highest BCUT2D eigenvalue weighted by Crippen LogP contribution is 2.27. The molecule has 0 aromatic heterocycles. The Kier molecular flexibility index (Phi) is 13.9. The summed E-state index contributed by atoms with van der Waals surface area (Å²) in [4.78, 5) is 37.3. The quantitative estimate of drug-likeness (QED) is 0.0869. The van der Waals surface area contributed by atoms with Gasteiger partial charge in [-0.3, -0.25) is 4.79 Å². The van der Waals surface area contributed by atoms with Gasteiger partial charge in [0.15, 0.2) is 19.8 Å². The Morgan fingerprint density at radius 1 is 0.571 bits per heavy atom. The monoisotopic (exact) mass is 576 g/mol. The van der Waals surface area contributed by atoms with Crippen LogP contribution in [0.2, 0.25) is 0 Å². The molecule has 0 atom stereocenters. The van der Waals surface area contributed by atoms with E-state index >= 15 is 0 Å². The number of unbranched alkanes of at least 4 members (excludes halogenated alkanes) is 4. The lowest BCUT2D eigenvalue weighted by atomic mass is 10.1. The van der Waals surface area contributed by atoms with E-state index in [-0.39, 0.29) is 36.9 Å². The average molecular weight is 577 g/mol. The predicted molar refractivity (Wildman–Crippen MR) is 160 cm³/mol. The molecule has 0 saturated heterocycles. The molecule has 8 nitrogen and oxygen atoms in total. The Bertz CT molecular complexity index is 1250. The maximum Gasteiger partial charge on any atom is 0.344 e. The molecule has 0 spiro atoms. The van der Waals surface area contributed by atoms with Crippen molar-refractivity contribution in [1.29, 1.82) is 0 Å². The first-order valence-electron chi connectivity index (χ1n) is 14.5. The molecule has 0 saturated carbocycles. The van der Waals surface area contributed by atoms with Crippen molar-refractivity contribution in [2.45, 2.75) is 52.4 Å². The van der Waals surface area contributed by atoms with E-state index in [4.69, 9.17) is 23.7 Å². The van der Waals surface area contributed by atoms with Crippen molar-refractivity contribution < 1.29 is 38.1 Å². The zero-order valence-electron chi connectivity index (χ0n) is 24.5. The smallest absolute Gasteiger partial charge is 0.344 e. The van der Waals surface area contributed by atoms with E-state index in [1.165, 1.54) is 12.1 Å².